The van der Waals surface area contributed by atoms with Crippen LogP contribution in [-0.2, 0) is 19.5 Å². The van der Waals surface area contributed by atoms with Crippen molar-refractivity contribution in [3.05, 3.63) is 122 Å². The van der Waals surface area contributed by atoms with Crippen molar-refractivity contribution >= 4 is 65.5 Å². The van der Waals surface area contributed by atoms with Crippen LogP contribution >= 0.6 is 12.0 Å². The van der Waals surface area contributed by atoms with E-state index in [1.165, 1.54) is 12.3 Å². The molecule has 0 bridgehead atoms. The molecule has 1 radical (unpaired) electrons. The molecule has 217 valence electrons. The summed E-state index contributed by atoms with van der Waals surface area (Å²) in [5.74, 6) is 0. The number of hydrogen-bond acceptors (Lipinski definition) is 10. The summed E-state index contributed by atoms with van der Waals surface area (Å²) in [4.78, 5) is 17.3. The van der Waals surface area contributed by atoms with E-state index in [1.807, 2.05) is 36.4 Å². The van der Waals surface area contributed by atoms with Gasteiger partial charge in [-0.2, -0.15) is 8.42 Å². The third kappa shape index (κ3) is 8.35. The molecule has 7 aromatic rings. The van der Waals surface area contributed by atoms with Crippen molar-refractivity contribution in [2.24, 2.45) is 0 Å². The number of hydrogen-bond donors (Lipinski definition) is 2. The Bertz CT molecular complexity index is 2040. The Morgan fingerprint density at radius 3 is 1.74 bits per heavy atom. The van der Waals surface area contributed by atoms with Crippen LogP contribution in [0.3, 0.4) is 0 Å². The van der Waals surface area contributed by atoms with Gasteiger partial charge >= 0.3 is 0 Å². The first kappa shape index (κ1) is 32.9. The molecule has 0 saturated heterocycles. The molecule has 0 fully saturated rings. The van der Waals surface area contributed by atoms with Crippen LogP contribution in [0.1, 0.15) is 0 Å². The first-order valence-corrected chi connectivity index (χ1v) is 14.5. The van der Waals surface area contributed by atoms with Crippen LogP contribution in [0.4, 0.5) is 0 Å². The maximum Gasteiger partial charge on any atom is 0.295 e. The first-order chi connectivity index (χ1) is 20.5. The molecule has 0 amide bonds. The molecule has 0 aliphatic heterocycles. The molecule has 0 spiro atoms. The molecule has 0 aliphatic rings. The molecule has 43 heavy (non-hydrogen) atoms. The number of pyridine rings is 4. The molecule has 4 aromatic heterocycles. The standard InChI is InChI=1S/C12H8N2.2C9H7NO3S.Eu/c1-3-9-5-6-10-4-2-8-14-12(10)11(9)13-7-1;11-14(12,13)9-3-1-2-7-6-10-5-4-8(7)9;11-12-13-14-9-3-1-2-7-6-10-5-4-8(7)9;/h1-8H;1-6H,(H,11,12,13);1-6,11H;. The molecule has 3 aromatic carbocycles. The largest absolute Gasteiger partial charge is 0.295 e. The molecular weight excluding hydrogens is 728 g/mol. The zero-order valence-corrected chi connectivity index (χ0v) is 26.1. The normalized spacial score (nSPS) is 10.8. The van der Waals surface area contributed by atoms with E-state index >= 15 is 0 Å². The fourth-order valence-corrected chi connectivity index (χ4v) is 5.44. The summed E-state index contributed by atoms with van der Waals surface area (Å²) in [6.45, 7) is 0. The fraction of sp³-hybridized carbons (Fsp3) is 0. The molecule has 0 saturated carbocycles. The van der Waals surface area contributed by atoms with Crippen LogP contribution in [0.5, 0.6) is 0 Å². The van der Waals surface area contributed by atoms with Gasteiger partial charge in [-0.1, -0.05) is 53.6 Å². The van der Waals surface area contributed by atoms with E-state index in [-0.39, 0.29) is 54.3 Å². The number of rotatable bonds is 4. The Hall–Kier alpha value is -2.98. The van der Waals surface area contributed by atoms with Crippen molar-refractivity contribution in [1.82, 2.24) is 19.9 Å². The van der Waals surface area contributed by atoms with Crippen molar-refractivity contribution in [2.45, 2.75) is 9.79 Å². The zero-order valence-electron chi connectivity index (χ0n) is 22.1. The summed E-state index contributed by atoms with van der Waals surface area (Å²) in [5, 5.41) is 17.0. The maximum atomic E-state index is 11.0. The van der Waals surface area contributed by atoms with E-state index < -0.39 is 10.1 Å². The zero-order chi connectivity index (χ0) is 29.4. The Kier molecular flexibility index (Phi) is 12.0. The van der Waals surface area contributed by atoms with E-state index in [9.17, 15) is 8.42 Å². The molecule has 10 nitrogen and oxygen atoms in total. The minimum Gasteiger partial charge on any atom is -0.282 e. The van der Waals surface area contributed by atoms with Crippen molar-refractivity contribution in [3.8, 4) is 0 Å². The topological polar surface area (TPSA) is 145 Å². The average molecular weight is 751 g/mol. The Morgan fingerprint density at radius 2 is 1.16 bits per heavy atom. The Labute approximate surface area is 291 Å². The van der Waals surface area contributed by atoms with E-state index in [2.05, 4.69) is 53.6 Å². The summed E-state index contributed by atoms with van der Waals surface area (Å²) < 4.78 is 35.3. The number of fused-ring (bicyclic) bond motifs is 5. The van der Waals surface area contributed by atoms with Gasteiger partial charge in [0.25, 0.3) is 10.1 Å². The second-order valence-corrected chi connectivity index (χ2v) is 10.8. The van der Waals surface area contributed by atoms with Crippen molar-refractivity contribution in [1.29, 1.82) is 0 Å². The number of benzene rings is 3. The third-order valence-corrected chi connectivity index (χ3v) is 7.63. The molecule has 0 unspecified atom stereocenters. The van der Waals surface area contributed by atoms with Gasteiger partial charge in [-0.05, 0) is 36.4 Å². The summed E-state index contributed by atoms with van der Waals surface area (Å²) in [6.07, 6.45) is 10.1. The van der Waals surface area contributed by atoms with Crippen LogP contribution in [-0.4, -0.2) is 38.2 Å². The minimum atomic E-state index is -4.16. The predicted molar refractivity (Wildman–Crippen MR) is 161 cm³/mol. The van der Waals surface area contributed by atoms with Gasteiger partial charge in [-0.25, -0.2) is 5.26 Å². The van der Waals surface area contributed by atoms with E-state index in [0.717, 1.165) is 49.5 Å². The van der Waals surface area contributed by atoms with Gasteiger partial charge in [0, 0.05) is 124 Å². The van der Waals surface area contributed by atoms with E-state index in [0.29, 0.717) is 10.8 Å². The molecule has 0 aliphatic carbocycles. The van der Waals surface area contributed by atoms with Gasteiger partial charge in [-0.15, -0.1) is 4.33 Å². The smallest absolute Gasteiger partial charge is 0.282 e. The van der Waals surface area contributed by atoms with Crippen LogP contribution in [0.25, 0.3) is 43.4 Å². The SMILES string of the molecule is O=S(=O)(O)c1cccc2cnccc12.OOOSc1cccc2cnccc12.[Eu].c1cnc2c(c1)ccc1cccnc12. The number of nitrogens with zero attached hydrogens (tertiary/aromatic N) is 4. The van der Waals surface area contributed by atoms with Crippen molar-refractivity contribution < 1.29 is 77.0 Å². The quantitative estimate of drug-likeness (QED) is 0.0636. The van der Waals surface area contributed by atoms with Gasteiger partial charge in [0.15, 0.2) is 0 Å². The van der Waals surface area contributed by atoms with Crippen LogP contribution in [0, 0.1) is 49.4 Å². The summed E-state index contributed by atoms with van der Waals surface area (Å²) in [7, 11) is -4.16. The van der Waals surface area contributed by atoms with Crippen LogP contribution in [0.2, 0.25) is 0 Å². The van der Waals surface area contributed by atoms with E-state index in [4.69, 9.17) is 9.81 Å². The molecule has 0 atom stereocenters. The van der Waals surface area contributed by atoms with Crippen LogP contribution in [0.15, 0.2) is 132 Å². The summed E-state index contributed by atoms with van der Waals surface area (Å²) >= 11 is 0.950. The van der Waals surface area contributed by atoms with Gasteiger partial charge in [-0.3, -0.25) is 24.5 Å². The third-order valence-electron chi connectivity index (χ3n) is 6.06. The first-order valence-electron chi connectivity index (χ1n) is 12.3. The van der Waals surface area contributed by atoms with Gasteiger partial charge in [0.1, 0.15) is 4.90 Å². The summed E-state index contributed by atoms with van der Waals surface area (Å²) in [6, 6.07) is 25.9. The maximum absolute atomic E-state index is 11.0. The molecular formula is C30H22EuN4O6S2. The molecule has 7 rings (SSSR count). The number of aromatic nitrogens is 4. The van der Waals surface area contributed by atoms with Crippen molar-refractivity contribution in [3.63, 3.8) is 0 Å². The van der Waals surface area contributed by atoms with E-state index in [1.54, 1.807) is 49.2 Å². The van der Waals surface area contributed by atoms with Crippen LogP contribution < -0.4 is 0 Å². The van der Waals surface area contributed by atoms with Crippen molar-refractivity contribution in [2.75, 3.05) is 0 Å². The average Bonchev–Trinajstić information content (AvgIpc) is 3.03. The predicted octanol–water partition coefficient (Wildman–Crippen LogP) is 6.93. The van der Waals surface area contributed by atoms with Gasteiger partial charge < -0.3 is 0 Å². The molecule has 2 N–H and O–H groups in total. The monoisotopic (exact) mass is 751 g/mol. The summed E-state index contributed by atoms with van der Waals surface area (Å²) in [5.41, 5.74) is 1.95. The second kappa shape index (κ2) is 15.7. The Morgan fingerprint density at radius 1 is 0.628 bits per heavy atom. The van der Waals surface area contributed by atoms with Gasteiger partial charge in [0.2, 0.25) is 0 Å². The van der Waals surface area contributed by atoms with Gasteiger partial charge in [0.05, 0.1) is 23.1 Å². The molecule has 4 heterocycles. The second-order valence-electron chi connectivity index (χ2n) is 8.62. The molecule has 13 heteroatoms. The Balaban J connectivity index is 0.000000146. The minimum absolute atomic E-state index is 0. The fourth-order valence-electron chi connectivity index (χ4n) is 4.21.